The van der Waals surface area contributed by atoms with Gasteiger partial charge in [-0.25, -0.2) is 0 Å². The monoisotopic (exact) mass is 351 g/mol. The van der Waals surface area contributed by atoms with E-state index >= 15 is 0 Å². The maximum Gasteiger partial charge on any atom is 0.253 e. The normalized spacial score (nSPS) is 12.2. The Morgan fingerprint density at radius 1 is 1.40 bits per heavy atom. The lowest BCUT2D eigenvalue weighted by Gasteiger charge is -2.25. The topological polar surface area (TPSA) is 20.3 Å². The third kappa shape index (κ3) is 3.49. The van der Waals surface area contributed by atoms with Gasteiger partial charge in [-0.05, 0) is 43.0 Å². The highest BCUT2D eigenvalue weighted by Crippen LogP contribution is 2.20. The molecule has 0 aliphatic carbocycles. The zero-order chi connectivity index (χ0) is 14.7. The van der Waals surface area contributed by atoms with E-state index in [0.717, 1.165) is 22.0 Å². The first kappa shape index (κ1) is 15.3. The van der Waals surface area contributed by atoms with Gasteiger partial charge in [0.05, 0.1) is 0 Å². The molecule has 2 nitrogen and oxygen atoms in total. The first-order valence-electron chi connectivity index (χ1n) is 6.54. The number of carbonyl (C=O) groups is 1. The number of hydrogen-bond acceptors (Lipinski definition) is 2. The molecule has 106 valence electrons. The summed E-state index contributed by atoms with van der Waals surface area (Å²) in [6.45, 7) is 4.10. The fraction of sp³-hybridized carbons (Fsp3) is 0.312. The Morgan fingerprint density at radius 3 is 2.75 bits per heavy atom. The van der Waals surface area contributed by atoms with Gasteiger partial charge in [-0.1, -0.05) is 28.1 Å². The van der Waals surface area contributed by atoms with E-state index in [0.29, 0.717) is 0 Å². The fourth-order valence-electron chi connectivity index (χ4n) is 1.99. The van der Waals surface area contributed by atoms with Gasteiger partial charge in [0.15, 0.2) is 0 Å². The van der Waals surface area contributed by atoms with Gasteiger partial charge in [0.25, 0.3) is 5.91 Å². The van der Waals surface area contributed by atoms with Gasteiger partial charge in [0.2, 0.25) is 0 Å². The van der Waals surface area contributed by atoms with Crippen LogP contribution in [0.4, 0.5) is 0 Å². The predicted molar refractivity (Wildman–Crippen MR) is 88.5 cm³/mol. The molecule has 0 spiro atoms. The van der Waals surface area contributed by atoms with Crippen LogP contribution in [0.1, 0.15) is 27.7 Å². The Morgan fingerprint density at radius 2 is 2.15 bits per heavy atom. The van der Waals surface area contributed by atoms with E-state index in [1.165, 1.54) is 4.88 Å². The van der Waals surface area contributed by atoms with Gasteiger partial charge >= 0.3 is 0 Å². The lowest BCUT2D eigenvalue weighted by atomic mass is 10.1. The van der Waals surface area contributed by atoms with Crippen molar-refractivity contribution >= 4 is 33.2 Å². The summed E-state index contributed by atoms with van der Waals surface area (Å²) in [5, 5.41) is 2.07. The third-order valence-electron chi connectivity index (χ3n) is 3.48. The minimum atomic E-state index is 0.0646. The summed E-state index contributed by atoms with van der Waals surface area (Å²) >= 11 is 5.22. The summed E-state index contributed by atoms with van der Waals surface area (Å²) in [6, 6.07) is 10.1. The van der Waals surface area contributed by atoms with E-state index in [-0.39, 0.29) is 11.9 Å². The quantitative estimate of drug-likeness (QED) is 0.792. The lowest BCUT2D eigenvalue weighted by Crippen LogP contribution is -2.36. The highest BCUT2D eigenvalue weighted by atomic mass is 79.9. The van der Waals surface area contributed by atoms with E-state index in [1.807, 2.05) is 43.1 Å². The van der Waals surface area contributed by atoms with E-state index < -0.39 is 0 Å². The number of thiophene rings is 1. The zero-order valence-corrected chi connectivity index (χ0v) is 14.3. The third-order valence-corrected chi connectivity index (χ3v) is 5.23. The molecule has 2 rings (SSSR count). The van der Waals surface area contributed by atoms with Crippen LogP contribution in [0, 0.1) is 6.92 Å². The summed E-state index contributed by atoms with van der Waals surface area (Å²) in [5.74, 6) is 0.0646. The van der Waals surface area contributed by atoms with Crippen molar-refractivity contribution in [2.45, 2.75) is 26.3 Å². The van der Waals surface area contributed by atoms with E-state index in [4.69, 9.17) is 0 Å². The van der Waals surface area contributed by atoms with Gasteiger partial charge in [-0.2, -0.15) is 0 Å². The summed E-state index contributed by atoms with van der Waals surface area (Å²) in [4.78, 5) is 15.6. The van der Waals surface area contributed by atoms with Crippen molar-refractivity contribution < 1.29 is 4.79 Å². The standard InChI is InChI=1S/C16H18BrNOS/c1-11-6-7-13(10-15(11)17)16(19)18(3)12(2)9-14-5-4-8-20-14/h4-8,10,12H,9H2,1-3H3. The molecule has 0 aliphatic heterocycles. The van der Waals surface area contributed by atoms with Crippen LogP contribution >= 0.6 is 27.3 Å². The lowest BCUT2D eigenvalue weighted by molar-refractivity contribution is 0.0744. The highest BCUT2D eigenvalue weighted by molar-refractivity contribution is 9.10. The molecule has 0 aliphatic rings. The van der Waals surface area contributed by atoms with Gasteiger partial charge in [-0.3, -0.25) is 4.79 Å². The van der Waals surface area contributed by atoms with Crippen LogP contribution in [0.25, 0.3) is 0 Å². The largest absolute Gasteiger partial charge is 0.339 e. The minimum Gasteiger partial charge on any atom is -0.339 e. The van der Waals surface area contributed by atoms with Crippen LogP contribution in [0.2, 0.25) is 0 Å². The van der Waals surface area contributed by atoms with Gasteiger partial charge in [-0.15, -0.1) is 11.3 Å². The first-order chi connectivity index (χ1) is 9.49. The molecule has 0 N–H and O–H groups in total. The summed E-state index contributed by atoms with van der Waals surface area (Å²) < 4.78 is 0.975. The smallest absolute Gasteiger partial charge is 0.253 e. The van der Waals surface area contributed by atoms with Gasteiger partial charge in [0, 0.05) is 34.4 Å². The van der Waals surface area contributed by atoms with Crippen molar-refractivity contribution in [3.05, 3.63) is 56.2 Å². The fourth-order valence-corrected chi connectivity index (χ4v) is 3.19. The molecular weight excluding hydrogens is 334 g/mol. The van der Waals surface area contributed by atoms with Crippen LogP contribution in [-0.2, 0) is 6.42 Å². The van der Waals surface area contributed by atoms with Crippen molar-refractivity contribution in [1.82, 2.24) is 4.90 Å². The molecule has 1 heterocycles. The van der Waals surface area contributed by atoms with Crippen LogP contribution in [-0.4, -0.2) is 23.9 Å². The number of likely N-dealkylation sites (N-methyl/N-ethyl adjacent to an activating group) is 1. The molecule has 4 heteroatoms. The van der Waals surface area contributed by atoms with E-state index in [2.05, 4.69) is 34.3 Å². The Labute approximate surface area is 132 Å². The van der Waals surface area contributed by atoms with E-state index in [9.17, 15) is 4.79 Å². The predicted octanol–water partition coefficient (Wildman–Crippen LogP) is 4.52. The average molecular weight is 352 g/mol. The minimum absolute atomic E-state index is 0.0646. The number of hydrogen-bond donors (Lipinski definition) is 0. The van der Waals surface area contributed by atoms with Crippen LogP contribution < -0.4 is 0 Å². The molecule has 1 amide bonds. The molecule has 1 unspecified atom stereocenters. The van der Waals surface area contributed by atoms with Crippen molar-refractivity contribution in [2.24, 2.45) is 0 Å². The number of aryl methyl sites for hydroxylation is 1. The number of amides is 1. The number of nitrogens with zero attached hydrogens (tertiary/aromatic N) is 1. The molecule has 0 fully saturated rings. The SMILES string of the molecule is Cc1ccc(C(=O)N(C)C(C)Cc2cccs2)cc1Br. The highest BCUT2D eigenvalue weighted by Gasteiger charge is 2.18. The second-order valence-electron chi connectivity index (χ2n) is 5.01. The molecule has 0 radical (unpaired) electrons. The van der Waals surface area contributed by atoms with Gasteiger partial charge < -0.3 is 4.90 Å². The molecule has 1 aromatic carbocycles. The zero-order valence-electron chi connectivity index (χ0n) is 11.9. The molecule has 1 atom stereocenters. The Bertz CT molecular complexity index is 595. The number of carbonyl (C=O) groups excluding carboxylic acids is 1. The summed E-state index contributed by atoms with van der Waals surface area (Å²) in [5.41, 5.74) is 1.86. The van der Waals surface area contributed by atoms with Gasteiger partial charge in [0.1, 0.15) is 0 Å². The van der Waals surface area contributed by atoms with Crippen molar-refractivity contribution in [2.75, 3.05) is 7.05 Å². The summed E-state index contributed by atoms with van der Waals surface area (Å²) in [6.07, 6.45) is 0.896. The van der Waals surface area contributed by atoms with Crippen molar-refractivity contribution in [3.63, 3.8) is 0 Å². The van der Waals surface area contributed by atoms with Crippen molar-refractivity contribution in [1.29, 1.82) is 0 Å². The number of halogens is 1. The molecule has 0 bridgehead atoms. The average Bonchev–Trinajstić information content (AvgIpc) is 2.93. The van der Waals surface area contributed by atoms with Crippen LogP contribution in [0.5, 0.6) is 0 Å². The second-order valence-corrected chi connectivity index (χ2v) is 6.90. The van der Waals surface area contributed by atoms with E-state index in [1.54, 1.807) is 11.3 Å². The molecule has 0 saturated carbocycles. The maximum atomic E-state index is 12.5. The summed E-state index contributed by atoms with van der Waals surface area (Å²) in [7, 11) is 1.87. The number of benzene rings is 1. The Hall–Kier alpha value is -1.13. The first-order valence-corrected chi connectivity index (χ1v) is 8.22. The van der Waals surface area contributed by atoms with Crippen LogP contribution in [0.3, 0.4) is 0 Å². The second kappa shape index (κ2) is 6.55. The Kier molecular flexibility index (Phi) is 5.00. The Balaban J connectivity index is 2.09. The maximum absolute atomic E-state index is 12.5. The van der Waals surface area contributed by atoms with Crippen molar-refractivity contribution in [3.8, 4) is 0 Å². The van der Waals surface area contributed by atoms with Crippen LogP contribution in [0.15, 0.2) is 40.2 Å². The number of rotatable bonds is 4. The molecule has 1 aromatic heterocycles. The molecule has 2 aromatic rings. The molecule has 0 saturated heterocycles. The molecular formula is C16H18BrNOS. The molecule has 20 heavy (non-hydrogen) atoms.